The summed E-state index contributed by atoms with van der Waals surface area (Å²) in [7, 11) is 0. The van der Waals surface area contributed by atoms with Crippen molar-refractivity contribution in [1.82, 2.24) is 10.2 Å². The fraction of sp³-hybridized carbons (Fsp3) is 0.600. The highest BCUT2D eigenvalue weighted by molar-refractivity contribution is 7.98. The van der Waals surface area contributed by atoms with E-state index in [0.717, 1.165) is 17.7 Å². The first kappa shape index (κ1) is 13.1. The smallest absolute Gasteiger partial charge is 0.242 e. The number of carbonyl (C=O) groups excluding carboxylic acids is 1. The number of hydrogen-bond donors (Lipinski definition) is 3. The van der Waals surface area contributed by atoms with Gasteiger partial charge in [0.25, 0.3) is 0 Å². The van der Waals surface area contributed by atoms with Gasteiger partial charge in [-0.25, -0.2) is 0 Å². The van der Waals surface area contributed by atoms with E-state index in [1.807, 2.05) is 13.2 Å². The number of hydrogen-bond acceptors (Lipinski definition) is 4. The molecule has 0 aliphatic heterocycles. The Morgan fingerprint density at radius 3 is 3.12 bits per heavy atom. The van der Waals surface area contributed by atoms with Crippen LogP contribution >= 0.6 is 11.8 Å². The van der Waals surface area contributed by atoms with Crippen molar-refractivity contribution in [2.24, 2.45) is 5.73 Å². The number of amides is 1. The summed E-state index contributed by atoms with van der Waals surface area (Å²) in [5.41, 5.74) is 6.74. The zero-order valence-corrected chi connectivity index (χ0v) is 10.4. The van der Waals surface area contributed by atoms with E-state index in [2.05, 4.69) is 15.5 Å². The van der Waals surface area contributed by atoms with Crippen molar-refractivity contribution in [2.45, 2.75) is 25.8 Å². The summed E-state index contributed by atoms with van der Waals surface area (Å²) in [6.45, 7) is 2.01. The number of anilines is 1. The Hall–Kier alpha value is -1.01. The van der Waals surface area contributed by atoms with E-state index in [9.17, 15) is 4.79 Å². The SMILES string of the molecule is CCc1cn[nH]c1NC(=O)[C@@H](N)CCSC. The molecule has 0 spiro atoms. The second-order valence-electron chi connectivity index (χ2n) is 3.50. The van der Waals surface area contributed by atoms with Gasteiger partial charge in [0.15, 0.2) is 0 Å². The molecule has 16 heavy (non-hydrogen) atoms. The van der Waals surface area contributed by atoms with Crippen LogP contribution < -0.4 is 11.1 Å². The maximum absolute atomic E-state index is 11.7. The van der Waals surface area contributed by atoms with Gasteiger partial charge in [0.2, 0.25) is 5.91 Å². The monoisotopic (exact) mass is 242 g/mol. The summed E-state index contributed by atoms with van der Waals surface area (Å²) in [5.74, 6) is 1.39. The van der Waals surface area contributed by atoms with Gasteiger partial charge in [0, 0.05) is 5.56 Å². The van der Waals surface area contributed by atoms with E-state index in [1.54, 1.807) is 18.0 Å². The molecule has 1 rings (SSSR count). The Morgan fingerprint density at radius 1 is 1.75 bits per heavy atom. The number of aryl methyl sites for hydroxylation is 1. The third kappa shape index (κ3) is 3.53. The van der Waals surface area contributed by atoms with Crippen molar-refractivity contribution in [2.75, 3.05) is 17.3 Å². The average Bonchev–Trinajstić information content (AvgIpc) is 2.72. The lowest BCUT2D eigenvalue weighted by Gasteiger charge is -2.11. The van der Waals surface area contributed by atoms with Crippen molar-refractivity contribution >= 4 is 23.5 Å². The minimum Gasteiger partial charge on any atom is -0.320 e. The number of nitrogens with one attached hydrogen (secondary N) is 2. The molecule has 0 radical (unpaired) electrons. The lowest BCUT2D eigenvalue weighted by Crippen LogP contribution is -2.36. The van der Waals surface area contributed by atoms with Gasteiger partial charge >= 0.3 is 0 Å². The predicted octanol–water partition coefficient (Wildman–Crippen LogP) is 0.991. The van der Waals surface area contributed by atoms with Crippen LogP contribution in [0.15, 0.2) is 6.20 Å². The summed E-state index contributed by atoms with van der Waals surface area (Å²) in [4.78, 5) is 11.7. The van der Waals surface area contributed by atoms with Crippen LogP contribution in [-0.4, -0.2) is 34.2 Å². The van der Waals surface area contributed by atoms with E-state index in [-0.39, 0.29) is 5.91 Å². The number of aromatic nitrogens is 2. The highest BCUT2D eigenvalue weighted by atomic mass is 32.2. The molecule has 5 nitrogen and oxygen atoms in total. The van der Waals surface area contributed by atoms with Crippen LogP contribution in [-0.2, 0) is 11.2 Å². The number of H-pyrrole nitrogens is 1. The normalized spacial score (nSPS) is 12.4. The highest BCUT2D eigenvalue weighted by Crippen LogP contribution is 2.11. The summed E-state index contributed by atoms with van der Waals surface area (Å²) in [6, 6.07) is -0.458. The molecule has 0 aromatic carbocycles. The van der Waals surface area contributed by atoms with E-state index in [0.29, 0.717) is 12.2 Å². The van der Waals surface area contributed by atoms with Gasteiger partial charge in [0.1, 0.15) is 5.82 Å². The van der Waals surface area contributed by atoms with Gasteiger partial charge < -0.3 is 11.1 Å². The van der Waals surface area contributed by atoms with Crippen molar-refractivity contribution < 1.29 is 4.79 Å². The maximum Gasteiger partial charge on any atom is 0.242 e. The first-order chi connectivity index (χ1) is 7.69. The molecule has 0 fully saturated rings. The van der Waals surface area contributed by atoms with Gasteiger partial charge in [-0.05, 0) is 24.9 Å². The molecule has 0 bridgehead atoms. The number of nitrogens with zero attached hydrogens (tertiary/aromatic N) is 1. The molecule has 1 atom stereocenters. The largest absolute Gasteiger partial charge is 0.320 e. The Balaban J connectivity index is 2.50. The van der Waals surface area contributed by atoms with Crippen LogP contribution in [0.25, 0.3) is 0 Å². The molecule has 1 amide bonds. The van der Waals surface area contributed by atoms with Gasteiger partial charge in [0.05, 0.1) is 12.2 Å². The molecule has 0 aliphatic rings. The highest BCUT2D eigenvalue weighted by Gasteiger charge is 2.14. The minimum atomic E-state index is -0.458. The number of rotatable bonds is 6. The van der Waals surface area contributed by atoms with Gasteiger partial charge in [-0.15, -0.1) is 0 Å². The molecule has 6 heteroatoms. The molecule has 4 N–H and O–H groups in total. The van der Waals surface area contributed by atoms with E-state index < -0.39 is 6.04 Å². The van der Waals surface area contributed by atoms with Crippen LogP contribution in [0.5, 0.6) is 0 Å². The molecule has 1 aromatic heterocycles. The van der Waals surface area contributed by atoms with Crippen molar-refractivity contribution in [3.63, 3.8) is 0 Å². The van der Waals surface area contributed by atoms with E-state index in [4.69, 9.17) is 5.73 Å². The number of nitrogens with two attached hydrogens (primary N) is 1. The number of carbonyl (C=O) groups is 1. The molecule has 1 heterocycles. The van der Waals surface area contributed by atoms with Gasteiger partial charge in [-0.2, -0.15) is 16.9 Å². The lowest BCUT2D eigenvalue weighted by molar-refractivity contribution is -0.117. The van der Waals surface area contributed by atoms with Crippen molar-refractivity contribution in [3.05, 3.63) is 11.8 Å². The summed E-state index contributed by atoms with van der Waals surface area (Å²) < 4.78 is 0. The average molecular weight is 242 g/mol. The fourth-order valence-electron chi connectivity index (χ4n) is 1.28. The second-order valence-corrected chi connectivity index (χ2v) is 4.49. The van der Waals surface area contributed by atoms with Crippen LogP contribution in [0.3, 0.4) is 0 Å². The summed E-state index contributed by atoms with van der Waals surface area (Å²) in [5, 5.41) is 9.40. The van der Waals surface area contributed by atoms with Crippen LogP contribution in [0.4, 0.5) is 5.82 Å². The minimum absolute atomic E-state index is 0.159. The van der Waals surface area contributed by atoms with E-state index >= 15 is 0 Å². The molecule has 0 aliphatic carbocycles. The van der Waals surface area contributed by atoms with Crippen LogP contribution in [0, 0.1) is 0 Å². The zero-order valence-electron chi connectivity index (χ0n) is 9.62. The first-order valence-corrected chi connectivity index (χ1v) is 6.66. The third-order valence-electron chi connectivity index (χ3n) is 2.32. The third-order valence-corrected chi connectivity index (χ3v) is 2.96. The van der Waals surface area contributed by atoms with Crippen LogP contribution in [0.1, 0.15) is 18.9 Å². The Bertz CT molecular complexity index is 339. The summed E-state index contributed by atoms with van der Waals surface area (Å²) in [6.07, 6.45) is 5.21. The second kappa shape index (κ2) is 6.55. The number of aromatic amines is 1. The fourth-order valence-corrected chi connectivity index (χ4v) is 1.77. The zero-order chi connectivity index (χ0) is 12.0. The topological polar surface area (TPSA) is 83.8 Å². The summed E-state index contributed by atoms with van der Waals surface area (Å²) >= 11 is 1.68. The predicted molar refractivity (Wildman–Crippen MR) is 67.6 cm³/mol. The molecular weight excluding hydrogens is 224 g/mol. The van der Waals surface area contributed by atoms with Crippen molar-refractivity contribution in [3.8, 4) is 0 Å². The van der Waals surface area contributed by atoms with E-state index in [1.165, 1.54) is 0 Å². The van der Waals surface area contributed by atoms with Crippen LogP contribution in [0.2, 0.25) is 0 Å². The maximum atomic E-state index is 11.7. The quantitative estimate of drug-likeness (QED) is 0.694. The molecular formula is C10H18N4OS. The molecule has 0 saturated heterocycles. The molecule has 1 aromatic rings. The lowest BCUT2D eigenvalue weighted by atomic mass is 10.2. The Morgan fingerprint density at radius 2 is 2.50 bits per heavy atom. The standard InChI is InChI=1S/C10H18N4OS/c1-3-7-6-12-14-9(7)13-10(15)8(11)4-5-16-2/h6,8H,3-5,11H2,1-2H3,(H2,12,13,14,15)/t8-/m0/s1. The Kier molecular flexibility index (Phi) is 5.34. The molecule has 0 unspecified atom stereocenters. The molecule has 0 saturated carbocycles. The van der Waals surface area contributed by atoms with Gasteiger partial charge in [-0.1, -0.05) is 6.92 Å². The first-order valence-electron chi connectivity index (χ1n) is 5.26. The Labute approximate surface area is 99.6 Å². The number of thioether (sulfide) groups is 1. The van der Waals surface area contributed by atoms with Crippen molar-refractivity contribution in [1.29, 1.82) is 0 Å². The van der Waals surface area contributed by atoms with Gasteiger partial charge in [-0.3, -0.25) is 9.89 Å². The molecule has 90 valence electrons.